The highest BCUT2D eigenvalue weighted by molar-refractivity contribution is 7.99. The Kier molecular flexibility index (Phi) is 5.43. The molecule has 0 saturated heterocycles. The van der Waals surface area contributed by atoms with Crippen molar-refractivity contribution < 1.29 is 4.39 Å². The lowest BCUT2D eigenvalue weighted by molar-refractivity contribution is 0.592. The van der Waals surface area contributed by atoms with Crippen LogP contribution in [0.15, 0.2) is 53.4 Å². The topological polar surface area (TPSA) is 26.0 Å². The molecule has 0 fully saturated rings. The first kappa shape index (κ1) is 16.1. The van der Waals surface area contributed by atoms with Gasteiger partial charge < -0.3 is 5.73 Å². The van der Waals surface area contributed by atoms with Crippen LogP contribution in [0.4, 0.5) is 4.39 Å². The number of hydrogen-bond donors (Lipinski definition) is 1. The minimum absolute atomic E-state index is 0.0869. The molecule has 2 N–H and O–H groups in total. The summed E-state index contributed by atoms with van der Waals surface area (Å²) in [5.41, 5.74) is 8.06. The van der Waals surface area contributed by atoms with Crippen molar-refractivity contribution in [1.82, 2.24) is 0 Å². The van der Waals surface area contributed by atoms with Crippen molar-refractivity contribution in [3.8, 4) is 0 Å². The van der Waals surface area contributed by atoms with Crippen molar-refractivity contribution in [1.29, 1.82) is 0 Å². The third-order valence-electron chi connectivity index (χ3n) is 3.50. The van der Waals surface area contributed by atoms with Crippen molar-refractivity contribution in [3.63, 3.8) is 0 Å². The number of rotatable bonds is 5. The average Bonchev–Trinajstić information content (AvgIpc) is 2.46. The number of nitrogens with two attached hydrogens (primary N) is 1. The average molecular weight is 303 g/mol. The second-order valence-electron chi connectivity index (χ2n) is 5.64. The van der Waals surface area contributed by atoms with Crippen LogP contribution < -0.4 is 5.73 Å². The molecule has 2 aromatic rings. The molecule has 1 nitrogen and oxygen atoms in total. The van der Waals surface area contributed by atoms with E-state index in [-0.39, 0.29) is 17.1 Å². The van der Waals surface area contributed by atoms with Gasteiger partial charge in [0, 0.05) is 16.5 Å². The Morgan fingerprint density at radius 2 is 1.57 bits per heavy atom. The molecule has 0 saturated carbocycles. The quantitative estimate of drug-likeness (QED) is 0.775. The number of thioether (sulfide) groups is 1. The first-order chi connectivity index (χ1) is 9.99. The Morgan fingerprint density at radius 1 is 0.952 bits per heavy atom. The van der Waals surface area contributed by atoms with E-state index in [1.54, 1.807) is 17.8 Å². The largest absolute Gasteiger partial charge is 0.327 e. The van der Waals surface area contributed by atoms with Crippen molar-refractivity contribution in [2.45, 2.75) is 42.9 Å². The molecule has 2 unspecified atom stereocenters. The van der Waals surface area contributed by atoms with E-state index in [9.17, 15) is 4.39 Å². The monoisotopic (exact) mass is 303 g/mol. The third kappa shape index (κ3) is 4.08. The molecule has 0 aliphatic heterocycles. The fourth-order valence-corrected chi connectivity index (χ4v) is 3.36. The number of halogens is 1. The zero-order valence-electron chi connectivity index (χ0n) is 12.7. The van der Waals surface area contributed by atoms with Crippen LogP contribution in [-0.4, -0.2) is 6.04 Å². The van der Waals surface area contributed by atoms with E-state index in [0.29, 0.717) is 11.5 Å². The van der Waals surface area contributed by atoms with Gasteiger partial charge in [-0.25, -0.2) is 4.39 Å². The molecule has 2 atom stereocenters. The van der Waals surface area contributed by atoms with Crippen LogP contribution in [0.3, 0.4) is 0 Å². The van der Waals surface area contributed by atoms with Crippen LogP contribution in [0, 0.1) is 5.82 Å². The summed E-state index contributed by atoms with van der Waals surface area (Å²) in [6.45, 7) is 6.27. The van der Waals surface area contributed by atoms with Gasteiger partial charge in [-0.2, -0.15) is 0 Å². The van der Waals surface area contributed by atoms with Gasteiger partial charge in [0.05, 0.1) is 5.25 Å². The fourth-order valence-electron chi connectivity index (χ4n) is 2.24. The first-order valence-electron chi connectivity index (χ1n) is 7.25. The van der Waals surface area contributed by atoms with E-state index in [0.717, 1.165) is 4.90 Å². The number of benzene rings is 2. The predicted molar refractivity (Wildman–Crippen MR) is 89.2 cm³/mol. The second-order valence-corrected chi connectivity index (χ2v) is 6.86. The van der Waals surface area contributed by atoms with Gasteiger partial charge in [-0.3, -0.25) is 0 Å². The van der Waals surface area contributed by atoms with E-state index in [1.807, 2.05) is 19.1 Å². The Labute approximate surface area is 130 Å². The minimum Gasteiger partial charge on any atom is -0.327 e. The Morgan fingerprint density at radius 3 is 2.10 bits per heavy atom. The van der Waals surface area contributed by atoms with Gasteiger partial charge in [0.1, 0.15) is 5.82 Å². The molecule has 112 valence electrons. The van der Waals surface area contributed by atoms with Gasteiger partial charge in [0.2, 0.25) is 0 Å². The van der Waals surface area contributed by atoms with E-state index >= 15 is 0 Å². The summed E-state index contributed by atoms with van der Waals surface area (Å²) in [6, 6.07) is 15.2. The van der Waals surface area contributed by atoms with Gasteiger partial charge in [-0.05, 0) is 36.6 Å². The Hall–Kier alpha value is -1.32. The Bertz CT molecular complexity index is 578. The van der Waals surface area contributed by atoms with Gasteiger partial charge in [-0.15, -0.1) is 11.8 Å². The highest BCUT2D eigenvalue weighted by Gasteiger charge is 2.20. The SMILES string of the molecule is CC(C)c1ccc(SC(c2ccccc2F)C(C)N)cc1. The fraction of sp³-hybridized carbons (Fsp3) is 0.333. The molecule has 0 spiro atoms. The zero-order chi connectivity index (χ0) is 15.4. The van der Waals surface area contributed by atoms with E-state index in [4.69, 9.17) is 5.73 Å². The standard InChI is InChI=1S/C18H22FNS/c1-12(2)14-8-10-15(11-9-14)21-18(13(3)20)16-6-4-5-7-17(16)19/h4-13,18H,20H2,1-3H3. The van der Waals surface area contributed by atoms with Crippen LogP contribution in [0.2, 0.25) is 0 Å². The smallest absolute Gasteiger partial charge is 0.127 e. The molecule has 0 amide bonds. The Balaban J connectivity index is 2.23. The summed E-state index contributed by atoms with van der Waals surface area (Å²) >= 11 is 1.62. The van der Waals surface area contributed by atoms with Crippen molar-refractivity contribution in [3.05, 3.63) is 65.5 Å². The third-order valence-corrected chi connectivity index (χ3v) is 4.98. The van der Waals surface area contributed by atoms with Gasteiger partial charge >= 0.3 is 0 Å². The van der Waals surface area contributed by atoms with E-state index < -0.39 is 0 Å². The van der Waals surface area contributed by atoms with Gasteiger partial charge in [-0.1, -0.05) is 44.2 Å². The molecule has 0 heterocycles. The molecule has 2 aromatic carbocycles. The summed E-state index contributed by atoms with van der Waals surface area (Å²) in [5, 5.41) is -0.0869. The van der Waals surface area contributed by atoms with Crippen LogP contribution in [0.25, 0.3) is 0 Å². The van der Waals surface area contributed by atoms with Crippen molar-refractivity contribution in [2.75, 3.05) is 0 Å². The second kappa shape index (κ2) is 7.10. The lowest BCUT2D eigenvalue weighted by atomic mass is 10.0. The lowest BCUT2D eigenvalue weighted by Gasteiger charge is -2.21. The van der Waals surface area contributed by atoms with Gasteiger partial charge in [0.15, 0.2) is 0 Å². The minimum atomic E-state index is -0.189. The van der Waals surface area contributed by atoms with Crippen LogP contribution in [0.1, 0.15) is 43.1 Å². The first-order valence-corrected chi connectivity index (χ1v) is 8.13. The molecular formula is C18H22FNS. The maximum atomic E-state index is 14.0. The summed E-state index contributed by atoms with van der Waals surface area (Å²) in [6.07, 6.45) is 0. The zero-order valence-corrected chi connectivity index (χ0v) is 13.5. The summed E-state index contributed by atoms with van der Waals surface area (Å²) in [5.74, 6) is 0.325. The summed E-state index contributed by atoms with van der Waals surface area (Å²) in [4.78, 5) is 1.12. The van der Waals surface area contributed by atoms with Crippen molar-refractivity contribution >= 4 is 11.8 Å². The molecule has 0 aliphatic rings. The van der Waals surface area contributed by atoms with Crippen LogP contribution in [0.5, 0.6) is 0 Å². The highest BCUT2D eigenvalue weighted by atomic mass is 32.2. The maximum absolute atomic E-state index is 14.0. The molecule has 0 bridgehead atoms. The molecule has 0 aromatic heterocycles. The van der Waals surface area contributed by atoms with Crippen molar-refractivity contribution in [2.24, 2.45) is 5.73 Å². The van der Waals surface area contributed by atoms with E-state index in [1.165, 1.54) is 11.6 Å². The normalized spacial score (nSPS) is 14.2. The van der Waals surface area contributed by atoms with Gasteiger partial charge in [0.25, 0.3) is 0 Å². The van der Waals surface area contributed by atoms with Crippen LogP contribution in [-0.2, 0) is 0 Å². The summed E-state index contributed by atoms with van der Waals surface area (Å²) in [7, 11) is 0. The molecule has 3 heteroatoms. The molecule has 0 radical (unpaired) electrons. The van der Waals surface area contributed by atoms with Crippen LogP contribution >= 0.6 is 11.8 Å². The lowest BCUT2D eigenvalue weighted by Crippen LogP contribution is -2.23. The molecule has 2 rings (SSSR count). The highest BCUT2D eigenvalue weighted by Crippen LogP contribution is 2.38. The molecule has 21 heavy (non-hydrogen) atoms. The van der Waals surface area contributed by atoms with E-state index in [2.05, 4.69) is 38.1 Å². The molecular weight excluding hydrogens is 281 g/mol. The number of hydrogen-bond acceptors (Lipinski definition) is 2. The molecule has 0 aliphatic carbocycles. The summed E-state index contributed by atoms with van der Waals surface area (Å²) < 4.78 is 14.0. The maximum Gasteiger partial charge on any atom is 0.127 e. The predicted octanol–water partition coefficient (Wildman–Crippen LogP) is 5.13.